The lowest BCUT2D eigenvalue weighted by Gasteiger charge is -2.35. The van der Waals surface area contributed by atoms with Crippen LogP contribution in [0.3, 0.4) is 0 Å². The monoisotopic (exact) mass is 225 g/mol. The first-order valence-corrected chi connectivity index (χ1v) is 6.58. The lowest BCUT2D eigenvalue weighted by Crippen LogP contribution is -2.49. The molecule has 2 fully saturated rings. The van der Waals surface area contributed by atoms with Crippen LogP contribution < -0.4 is 0 Å². The van der Waals surface area contributed by atoms with Gasteiger partial charge in [0.15, 0.2) is 5.78 Å². The van der Waals surface area contributed by atoms with Crippen molar-refractivity contribution >= 4 is 5.78 Å². The maximum Gasteiger partial charge on any atom is 0.165 e. The van der Waals surface area contributed by atoms with Crippen molar-refractivity contribution in [2.75, 3.05) is 19.7 Å². The molecule has 2 rings (SSSR count). The Hall–Kier alpha value is -0.410. The van der Waals surface area contributed by atoms with Gasteiger partial charge in [0.25, 0.3) is 0 Å². The Morgan fingerprint density at radius 1 is 1.31 bits per heavy atom. The fourth-order valence-electron chi connectivity index (χ4n) is 2.78. The van der Waals surface area contributed by atoms with Gasteiger partial charge in [-0.3, -0.25) is 9.69 Å². The summed E-state index contributed by atoms with van der Waals surface area (Å²) in [4.78, 5) is 14.6. The fraction of sp³-hybridized carbons (Fsp3) is 0.923. The summed E-state index contributed by atoms with van der Waals surface area (Å²) in [6, 6.07) is 0.516. The van der Waals surface area contributed by atoms with Crippen LogP contribution in [0.1, 0.15) is 39.5 Å². The second-order valence-electron chi connectivity index (χ2n) is 5.33. The minimum absolute atomic E-state index is 0.153. The topological polar surface area (TPSA) is 29.5 Å². The SMILES string of the molecule is CC(C)N1CCOC(C(=O)C2CCCC2)C1. The number of carbonyl (C=O) groups excluding carboxylic acids is 1. The zero-order valence-electron chi connectivity index (χ0n) is 10.4. The molecule has 1 aliphatic carbocycles. The highest BCUT2D eigenvalue weighted by Gasteiger charge is 2.33. The van der Waals surface area contributed by atoms with Crippen molar-refractivity contribution in [2.45, 2.75) is 51.7 Å². The second kappa shape index (κ2) is 5.28. The van der Waals surface area contributed by atoms with E-state index in [9.17, 15) is 4.79 Å². The summed E-state index contributed by atoms with van der Waals surface area (Å²) in [6.45, 7) is 6.84. The summed E-state index contributed by atoms with van der Waals surface area (Å²) in [7, 11) is 0. The molecule has 0 aromatic heterocycles. The van der Waals surface area contributed by atoms with Crippen LogP contribution in [0.15, 0.2) is 0 Å². The number of rotatable bonds is 3. The van der Waals surface area contributed by atoms with Crippen molar-refractivity contribution in [3.63, 3.8) is 0 Å². The molecule has 1 saturated carbocycles. The molecule has 0 bridgehead atoms. The molecule has 3 heteroatoms. The molecule has 1 aliphatic heterocycles. The molecule has 1 heterocycles. The smallest absolute Gasteiger partial charge is 0.165 e. The molecule has 92 valence electrons. The second-order valence-corrected chi connectivity index (χ2v) is 5.33. The third-order valence-electron chi connectivity index (χ3n) is 3.90. The minimum atomic E-state index is -0.153. The Labute approximate surface area is 98.1 Å². The highest BCUT2D eigenvalue weighted by molar-refractivity contribution is 5.86. The van der Waals surface area contributed by atoms with Gasteiger partial charge in [0, 0.05) is 25.0 Å². The molecule has 0 aromatic rings. The number of carbonyl (C=O) groups is 1. The van der Waals surface area contributed by atoms with Crippen molar-refractivity contribution < 1.29 is 9.53 Å². The van der Waals surface area contributed by atoms with E-state index in [1.165, 1.54) is 12.8 Å². The summed E-state index contributed by atoms with van der Waals surface area (Å²) in [6.07, 6.45) is 4.45. The standard InChI is InChI=1S/C13H23NO2/c1-10(2)14-7-8-16-12(9-14)13(15)11-5-3-4-6-11/h10-12H,3-9H2,1-2H3. The van der Waals surface area contributed by atoms with Crippen molar-refractivity contribution in [3.05, 3.63) is 0 Å². The molecule has 0 aromatic carbocycles. The van der Waals surface area contributed by atoms with Crippen LogP contribution >= 0.6 is 0 Å². The molecule has 0 radical (unpaired) electrons. The van der Waals surface area contributed by atoms with E-state index < -0.39 is 0 Å². The van der Waals surface area contributed by atoms with Gasteiger partial charge in [-0.1, -0.05) is 12.8 Å². The Kier molecular flexibility index (Phi) is 3.98. The first kappa shape index (κ1) is 12.1. The van der Waals surface area contributed by atoms with E-state index in [1.54, 1.807) is 0 Å². The third-order valence-corrected chi connectivity index (χ3v) is 3.90. The summed E-state index contributed by atoms with van der Waals surface area (Å²) in [5.74, 6) is 0.653. The highest BCUT2D eigenvalue weighted by Crippen LogP contribution is 2.27. The zero-order valence-corrected chi connectivity index (χ0v) is 10.4. The molecule has 16 heavy (non-hydrogen) atoms. The van der Waals surface area contributed by atoms with Crippen LogP contribution in [0.2, 0.25) is 0 Å². The molecule has 1 unspecified atom stereocenters. The first-order chi connectivity index (χ1) is 7.68. The Bertz CT molecular complexity index is 246. The minimum Gasteiger partial charge on any atom is -0.368 e. The lowest BCUT2D eigenvalue weighted by molar-refractivity contribution is -0.141. The van der Waals surface area contributed by atoms with Gasteiger partial charge in [-0.05, 0) is 26.7 Å². The van der Waals surface area contributed by atoms with E-state index in [1.807, 2.05) is 0 Å². The number of nitrogens with zero attached hydrogens (tertiary/aromatic N) is 1. The van der Waals surface area contributed by atoms with E-state index in [0.29, 0.717) is 18.4 Å². The molecule has 1 saturated heterocycles. The average molecular weight is 225 g/mol. The van der Waals surface area contributed by atoms with Crippen molar-refractivity contribution in [1.82, 2.24) is 4.90 Å². The molecule has 0 amide bonds. The average Bonchev–Trinajstić information content (AvgIpc) is 2.81. The summed E-state index contributed by atoms with van der Waals surface area (Å²) in [5.41, 5.74) is 0. The summed E-state index contributed by atoms with van der Waals surface area (Å²) in [5, 5.41) is 0. The predicted octanol–water partition coefficient (Wildman–Crippen LogP) is 1.85. The number of hydrogen-bond acceptors (Lipinski definition) is 3. The molecule has 2 aliphatic rings. The number of morpholine rings is 1. The highest BCUT2D eigenvalue weighted by atomic mass is 16.5. The Morgan fingerprint density at radius 3 is 2.62 bits per heavy atom. The van der Waals surface area contributed by atoms with Crippen LogP contribution in [-0.4, -0.2) is 42.5 Å². The Balaban J connectivity index is 1.90. The van der Waals surface area contributed by atoms with Gasteiger partial charge in [0.05, 0.1) is 6.61 Å². The van der Waals surface area contributed by atoms with Crippen LogP contribution in [-0.2, 0) is 9.53 Å². The van der Waals surface area contributed by atoms with Crippen molar-refractivity contribution in [3.8, 4) is 0 Å². The molecular weight excluding hydrogens is 202 g/mol. The van der Waals surface area contributed by atoms with Crippen molar-refractivity contribution in [2.24, 2.45) is 5.92 Å². The summed E-state index contributed by atoms with van der Waals surface area (Å²) < 4.78 is 5.64. The number of ketones is 1. The first-order valence-electron chi connectivity index (χ1n) is 6.58. The maximum absolute atomic E-state index is 12.2. The van der Waals surface area contributed by atoms with E-state index >= 15 is 0 Å². The fourth-order valence-corrected chi connectivity index (χ4v) is 2.78. The normalized spacial score (nSPS) is 28.8. The quantitative estimate of drug-likeness (QED) is 0.734. The largest absolute Gasteiger partial charge is 0.368 e. The third kappa shape index (κ3) is 2.64. The van der Waals surface area contributed by atoms with E-state index in [2.05, 4.69) is 18.7 Å². The van der Waals surface area contributed by atoms with E-state index in [-0.39, 0.29) is 12.0 Å². The number of Topliss-reactive ketones (excluding diaryl/α,β-unsaturated/α-hetero) is 1. The number of hydrogen-bond donors (Lipinski definition) is 0. The van der Waals surface area contributed by atoms with E-state index in [4.69, 9.17) is 4.74 Å². The van der Waals surface area contributed by atoms with Gasteiger partial charge in [-0.2, -0.15) is 0 Å². The summed E-state index contributed by atoms with van der Waals surface area (Å²) >= 11 is 0. The molecule has 0 spiro atoms. The van der Waals surface area contributed by atoms with Crippen LogP contribution in [0.4, 0.5) is 0 Å². The van der Waals surface area contributed by atoms with Crippen molar-refractivity contribution in [1.29, 1.82) is 0 Å². The van der Waals surface area contributed by atoms with Crippen LogP contribution in [0.25, 0.3) is 0 Å². The van der Waals surface area contributed by atoms with Gasteiger partial charge >= 0.3 is 0 Å². The molecule has 0 N–H and O–H groups in total. The lowest BCUT2D eigenvalue weighted by atomic mass is 9.97. The van der Waals surface area contributed by atoms with Gasteiger partial charge in [-0.25, -0.2) is 0 Å². The van der Waals surface area contributed by atoms with Crippen LogP contribution in [0.5, 0.6) is 0 Å². The van der Waals surface area contributed by atoms with Gasteiger partial charge in [0.2, 0.25) is 0 Å². The maximum atomic E-state index is 12.2. The number of ether oxygens (including phenoxy) is 1. The van der Waals surface area contributed by atoms with Gasteiger partial charge in [0.1, 0.15) is 6.10 Å². The molecule has 1 atom stereocenters. The molecule has 3 nitrogen and oxygen atoms in total. The molecular formula is C13H23NO2. The Morgan fingerprint density at radius 2 is 2.00 bits per heavy atom. The van der Waals surface area contributed by atoms with Gasteiger partial charge in [-0.15, -0.1) is 0 Å². The predicted molar refractivity (Wildman–Crippen MR) is 63.4 cm³/mol. The van der Waals surface area contributed by atoms with Crippen LogP contribution in [0, 0.1) is 5.92 Å². The van der Waals surface area contributed by atoms with Gasteiger partial charge < -0.3 is 4.74 Å². The zero-order chi connectivity index (χ0) is 11.5. The van der Waals surface area contributed by atoms with E-state index in [0.717, 1.165) is 25.9 Å².